The molecule has 0 atom stereocenters. The van der Waals surface area contributed by atoms with E-state index in [0.29, 0.717) is 19.4 Å². The lowest BCUT2D eigenvalue weighted by Crippen LogP contribution is -2.23. The predicted octanol–water partition coefficient (Wildman–Crippen LogP) is 2.40. The van der Waals surface area contributed by atoms with Gasteiger partial charge in [0, 0.05) is 12.0 Å². The Kier molecular flexibility index (Phi) is 5.81. The number of para-hydroxylation sites is 1. The van der Waals surface area contributed by atoms with Gasteiger partial charge in [0.2, 0.25) is 5.91 Å². The van der Waals surface area contributed by atoms with Crippen molar-refractivity contribution in [3.63, 3.8) is 0 Å². The van der Waals surface area contributed by atoms with Crippen LogP contribution in [0.1, 0.15) is 29.0 Å². The highest BCUT2D eigenvalue weighted by Crippen LogP contribution is 2.15. The van der Waals surface area contributed by atoms with Crippen molar-refractivity contribution in [2.75, 3.05) is 13.7 Å². The Morgan fingerprint density at radius 3 is 2.83 bits per heavy atom. The molecule has 1 aromatic carbocycles. The first-order chi connectivity index (χ1) is 11.1. The monoisotopic (exact) mass is 312 g/mol. The summed E-state index contributed by atoms with van der Waals surface area (Å²) >= 11 is 0. The van der Waals surface area contributed by atoms with Crippen LogP contribution in [0.4, 0.5) is 0 Å². The van der Waals surface area contributed by atoms with Crippen molar-refractivity contribution in [3.8, 4) is 17.6 Å². The SMILES string of the molecule is COc1ccccc1C#CCNC(=O)CCc1c(C)noc1C. The summed E-state index contributed by atoms with van der Waals surface area (Å²) in [5.74, 6) is 7.38. The van der Waals surface area contributed by atoms with E-state index in [4.69, 9.17) is 9.26 Å². The fourth-order valence-electron chi connectivity index (χ4n) is 2.22. The summed E-state index contributed by atoms with van der Waals surface area (Å²) in [6.07, 6.45) is 1.01. The molecule has 1 aromatic heterocycles. The average molecular weight is 312 g/mol. The highest BCUT2D eigenvalue weighted by Gasteiger charge is 2.10. The van der Waals surface area contributed by atoms with E-state index in [1.165, 1.54) is 0 Å². The lowest BCUT2D eigenvalue weighted by molar-refractivity contribution is -0.120. The molecule has 0 saturated heterocycles. The number of methoxy groups -OCH3 is 1. The zero-order valence-corrected chi connectivity index (χ0v) is 13.6. The van der Waals surface area contributed by atoms with Gasteiger partial charge in [-0.2, -0.15) is 0 Å². The van der Waals surface area contributed by atoms with Crippen LogP contribution in [0.3, 0.4) is 0 Å². The zero-order chi connectivity index (χ0) is 16.7. The summed E-state index contributed by atoms with van der Waals surface area (Å²) in [5, 5.41) is 6.67. The maximum Gasteiger partial charge on any atom is 0.221 e. The summed E-state index contributed by atoms with van der Waals surface area (Å²) in [6.45, 7) is 4.03. The van der Waals surface area contributed by atoms with Crippen molar-refractivity contribution in [1.29, 1.82) is 0 Å². The average Bonchev–Trinajstić information content (AvgIpc) is 2.88. The van der Waals surface area contributed by atoms with Crippen LogP contribution in [0.5, 0.6) is 5.75 Å². The molecule has 120 valence electrons. The van der Waals surface area contributed by atoms with E-state index < -0.39 is 0 Å². The van der Waals surface area contributed by atoms with E-state index in [0.717, 1.165) is 28.3 Å². The number of amides is 1. The van der Waals surface area contributed by atoms with E-state index >= 15 is 0 Å². The minimum Gasteiger partial charge on any atom is -0.495 e. The Balaban J connectivity index is 1.81. The molecule has 1 amide bonds. The van der Waals surface area contributed by atoms with Gasteiger partial charge in [0.05, 0.1) is 24.9 Å². The van der Waals surface area contributed by atoms with Crippen molar-refractivity contribution in [2.24, 2.45) is 0 Å². The summed E-state index contributed by atoms with van der Waals surface area (Å²) in [4.78, 5) is 11.8. The molecule has 0 saturated carbocycles. The van der Waals surface area contributed by atoms with E-state index in [-0.39, 0.29) is 5.91 Å². The quantitative estimate of drug-likeness (QED) is 0.861. The Morgan fingerprint density at radius 1 is 1.35 bits per heavy atom. The Labute approximate surface area is 136 Å². The number of carbonyl (C=O) groups excluding carboxylic acids is 1. The maximum atomic E-state index is 11.8. The summed E-state index contributed by atoms with van der Waals surface area (Å²) in [7, 11) is 1.61. The summed E-state index contributed by atoms with van der Waals surface area (Å²) in [6, 6.07) is 7.52. The maximum absolute atomic E-state index is 11.8. The van der Waals surface area contributed by atoms with Gasteiger partial charge in [-0.1, -0.05) is 29.1 Å². The molecule has 0 radical (unpaired) electrons. The third-order valence-corrected chi connectivity index (χ3v) is 3.49. The van der Waals surface area contributed by atoms with Gasteiger partial charge in [-0.15, -0.1) is 0 Å². The van der Waals surface area contributed by atoms with E-state index in [1.807, 2.05) is 38.1 Å². The van der Waals surface area contributed by atoms with Crippen molar-refractivity contribution < 1.29 is 14.1 Å². The third-order valence-electron chi connectivity index (χ3n) is 3.49. The Morgan fingerprint density at radius 2 is 2.13 bits per heavy atom. The highest BCUT2D eigenvalue weighted by atomic mass is 16.5. The van der Waals surface area contributed by atoms with Gasteiger partial charge < -0.3 is 14.6 Å². The van der Waals surface area contributed by atoms with Crippen molar-refractivity contribution in [3.05, 3.63) is 46.8 Å². The first-order valence-electron chi connectivity index (χ1n) is 7.42. The van der Waals surface area contributed by atoms with Crippen LogP contribution in [-0.2, 0) is 11.2 Å². The molecule has 0 aliphatic carbocycles. The van der Waals surface area contributed by atoms with E-state index in [1.54, 1.807) is 7.11 Å². The highest BCUT2D eigenvalue weighted by molar-refractivity contribution is 5.76. The lowest BCUT2D eigenvalue weighted by atomic mass is 10.1. The Hall–Kier alpha value is -2.74. The fourth-order valence-corrected chi connectivity index (χ4v) is 2.22. The number of benzene rings is 1. The molecular formula is C18H20N2O3. The molecule has 0 bridgehead atoms. The van der Waals surface area contributed by atoms with Gasteiger partial charge in [-0.05, 0) is 32.4 Å². The van der Waals surface area contributed by atoms with E-state index in [9.17, 15) is 4.79 Å². The molecule has 2 aromatic rings. The van der Waals surface area contributed by atoms with Crippen LogP contribution in [0.15, 0.2) is 28.8 Å². The molecule has 0 spiro atoms. The van der Waals surface area contributed by atoms with Crippen LogP contribution in [-0.4, -0.2) is 24.7 Å². The van der Waals surface area contributed by atoms with Gasteiger partial charge in [0.15, 0.2) is 0 Å². The van der Waals surface area contributed by atoms with Crippen molar-refractivity contribution in [2.45, 2.75) is 26.7 Å². The van der Waals surface area contributed by atoms with Crippen LogP contribution in [0, 0.1) is 25.7 Å². The van der Waals surface area contributed by atoms with Gasteiger partial charge >= 0.3 is 0 Å². The fraction of sp³-hybridized carbons (Fsp3) is 0.333. The first-order valence-corrected chi connectivity index (χ1v) is 7.42. The van der Waals surface area contributed by atoms with Crippen LogP contribution < -0.4 is 10.1 Å². The second-order valence-electron chi connectivity index (χ2n) is 5.08. The van der Waals surface area contributed by atoms with Crippen LogP contribution in [0.2, 0.25) is 0 Å². The minimum atomic E-state index is -0.0423. The van der Waals surface area contributed by atoms with Crippen molar-refractivity contribution in [1.82, 2.24) is 10.5 Å². The molecule has 0 aliphatic rings. The van der Waals surface area contributed by atoms with Gasteiger partial charge in [-0.25, -0.2) is 0 Å². The van der Waals surface area contributed by atoms with Gasteiger partial charge in [0.25, 0.3) is 0 Å². The van der Waals surface area contributed by atoms with Crippen molar-refractivity contribution >= 4 is 5.91 Å². The molecule has 1 N–H and O–H groups in total. The molecule has 23 heavy (non-hydrogen) atoms. The number of nitrogens with one attached hydrogen (secondary N) is 1. The topological polar surface area (TPSA) is 64.4 Å². The predicted molar refractivity (Wildman–Crippen MR) is 87.2 cm³/mol. The lowest BCUT2D eigenvalue weighted by Gasteiger charge is -2.02. The molecule has 0 unspecified atom stereocenters. The summed E-state index contributed by atoms with van der Waals surface area (Å²) < 4.78 is 10.3. The molecular weight excluding hydrogens is 292 g/mol. The number of nitrogens with zero attached hydrogens (tertiary/aromatic N) is 1. The molecule has 5 nitrogen and oxygen atoms in total. The summed E-state index contributed by atoms with van der Waals surface area (Å²) in [5.41, 5.74) is 2.64. The molecule has 1 heterocycles. The second-order valence-corrected chi connectivity index (χ2v) is 5.08. The molecule has 0 aliphatic heterocycles. The smallest absolute Gasteiger partial charge is 0.221 e. The van der Waals surface area contributed by atoms with Gasteiger partial charge in [-0.3, -0.25) is 4.79 Å². The van der Waals surface area contributed by atoms with Crippen LogP contribution in [0.25, 0.3) is 0 Å². The first kappa shape index (κ1) is 16.6. The number of aromatic nitrogens is 1. The number of rotatable bonds is 5. The number of hydrogen-bond acceptors (Lipinski definition) is 4. The number of hydrogen-bond donors (Lipinski definition) is 1. The zero-order valence-electron chi connectivity index (χ0n) is 13.6. The number of ether oxygens (including phenoxy) is 1. The van der Waals surface area contributed by atoms with Gasteiger partial charge in [0.1, 0.15) is 11.5 Å². The van der Waals surface area contributed by atoms with E-state index in [2.05, 4.69) is 22.3 Å². The minimum absolute atomic E-state index is 0.0423. The molecule has 2 rings (SSSR count). The molecule has 5 heteroatoms. The number of carbonyl (C=O) groups is 1. The standard InChI is InChI=1S/C18H20N2O3/c1-13-16(14(2)23-20-13)10-11-18(21)19-12-6-8-15-7-4-5-9-17(15)22-3/h4-5,7,9H,10-12H2,1-3H3,(H,19,21). The second kappa shape index (κ2) is 8.04. The van der Waals surface area contributed by atoms with Crippen LogP contribution >= 0.6 is 0 Å². The Bertz CT molecular complexity index is 719. The largest absolute Gasteiger partial charge is 0.495 e. The molecule has 0 fully saturated rings. The number of aryl methyl sites for hydroxylation is 2. The third kappa shape index (κ3) is 4.62. The normalized spacial score (nSPS) is 9.87.